The standard InChI is InChI=1S/C9H8FN3O2/c1-6-12-9(13-15-6)5-14-7-2-3-8(10)11-4-7/h2-4H,5H2,1H3. The van der Waals surface area contributed by atoms with Gasteiger partial charge < -0.3 is 9.26 Å². The van der Waals surface area contributed by atoms with E-state index in [1.165, 1.54) is 18.3 Å². The molecule has 0 bridgehead atoms. The molecule has 0 N–H and O–H groups in total. The van der Waals surface area contributed by atoms with Gasteiger partial charge in [-0.05, 0) is 12.1 Å². The molecule has 0 saturated heterocycles. The molecule has 5 nitrogen and oxygen atoms in total. The summed E-state index contributed by atoms with van der Waals surface area (Å²) in [6, 6.07) is 2.70. The number of pyridine rings is 1. The zero-order valence-electron chi connectivity index (χ0n) is 7.98. The fourth-order valence-electron chi connectivity index (χ4n) is 0.995. The predicted molar refractivity (Wildman–Crippen MR) is 47.6 cm³/mol. The lowest BCUT2D eigenvalue weighted by atomic mass is 10.4. The van der Waals surface area contributed by atoms with Gasteiger partial charge in [-0.25, -0.2) is 4.98 Å². The van der Waals surface area contributed by atoms with Gasteiger partial charge in [-0.15, -0.1) is 0 Å². The summed E-state index contributed by atoms with van der Waals surface area (Å²) in [5, 5.41) is 3.64. The molecule has 0 aromatic carbocycles. The summed E-state index contributed by atoms with van der Waals surface area (Å²) in [6.07, 6.45) is 1.29. The van der Waals surface area contributed by atoms with E-state index in [0.717, 1.165) is 0 Å². The van der Waals surface area contributed by atoms with Crippen molar-refractivity contribution >= 4 is 0 Å². The molecule has 0 aliphatic heterocycles. The zero-order valence-corrected chi connectivity index (χ0v) is 7.98. The van der Waals surface area contributed by atoms with E-state index in [4.69, 9.17) is 9.26 Å². The number of halogens is 1. The highest BCUT2D eigenvalue weighted by atomic mass is 19.1. The maximum atomic E-state index is 12.4. The van der Waals surface area contributed by atoms with Crippen LogP contribution in [0.2, 0.25) is 0 Å². The molecule has 15 heavy (non-hydrogen) atoms. The summed E-state index contributed by atoms with van der Waals surface area (Å²) in [6.45, 7) is 1.86. The van der Waals surface area contributed by atoms with E-state index in [1.807, 2.05) is 0 Å². The Hall–Kier alpha value is -1.98. The lowest BCUT2D eigenvalue weighted by Crippen LogP contribution is -1.98. The van der Waals surface area contributed by atoms with Crippen LogP contribution in [-0.4, -0.2) is 15.1 Å². The number of hydrogen-bond acceptors (Lipinski definition) is 5. The predicted octanol–water partition coefficient (Wildman–Crippen LogP) is 1.49. The Labute approximate surface area is 84.9 Å². The molecule has 0 aliphatic rings. The Kier molecular flexibility index (Phi) is 2.57. The first-order valence-corrected chi connectivity index (χ1v) is 4.27. The number of ether oxygens (including phenoxy) is 1. The van der Waals surface area contributed by atoms with Gasteiger partial charge >= 0.3 is 0 Å². The molecule has 2 aromatic heterocycles. The van der Waals surface area contributed by atoms with Crippen LogP contribution >= 0.6 is 0 Å². The zero-order chi connectivity index (χ0) is 10.7. The number of aryl methyl sites for hydroxylation is 1. The molecule has 0 saturated carbocycles. The second-order valence-corrected chi connectivity index (χ2v) is 2.83. The third-order valence-electron chi connectivity index (χ3n) is 1.64. The maximum Gasteiger partial charge on any atom is 0.223 e. The monoisotopic (exact) mass is 209 g/mol. The largest absolute Gasteiger partial charge is 0.484 e. The summed E-state index contributed by atoms with van der Waals surface area (Å²) >= 11 is 0. The van der Waals surface area contributed by atoms with Crippen molar-refractivity contribution in [1.29, 1.82) is 0 Å². The van der Waals surface area contributed by atoms with Gasteiger partial charge in [-0.2, -0.15) is 9.37 Å². The van der Waals surface area contributed by atoms with Gasteiger partial charge in [0.05, 0.1) is 6.20 Å². The Balaban J connectivity index is 1.96. The van der Waals surface area contributed by atoms with E-state index in [1.54, 1.807) is 6.92 Å². The van der Waals surface area contributed by atoms with E-state index in [9.17, 15) is 4.39 Å². The Morgan fingerprint density at radius 3 is 2.93 bits per heavy atom. The van der Waals surface area contributed by atoms with Crippen molar-refractivity contribution in [2.24, 2.45) is 0 Å². The first kappa shape index (κ1) is 9.57. The lowest BCUT2D eigenvalue weighted by Gasteiger charge is -2.01. The fourth-order valence-corrected chi connectivity index (χ4v) is 0.995. The SMILES string of the molecule is Cc1nc(COc2ccc(F)nc2)no1. The van der Waals surface area contributed by atoms with Crippen molar-refractivity contribution in [2.45, 2.75) is 13.5 Å². The molecule has 6 heteroatoms. The second-order valence-electron chi connectivity index (χ2n) is 2.83. The molecule has 0 spiro atoms. The Bertz CT molecular complexity index is 441. The highest BCUT2D eigenvalue weighted by Crippen LogP contribution is 2.10. The summed E-state index contributed by atoms with van der Waals surface area (Å²) in [4.78, 5) is 7.39. The lowest BCUT2D eigenvalue weighted by molar-refractivity contribution is 0.284. The summed E-state index contributed by atoms with van der Waals surface area (Å²) in [7, 11) is 0. The van der Waals surface area contributed by atoms with Crippen LogP contribution in [0.3, 0.4) is 0 Å². The van der Waals surface area contributed by atoms with Crippen LogP contribution in [-0.2, 0) is 6.61 Å². The average Bonchev–Trinajstić information content (AvgIpc) is 2.64. The van der Waals surface area contributed by atoms with Gasteiger partial charge in [-0.1, -0.05) is 5.16 Å². The molecule has 2 rings (SSSR count). The third kappa shape index (κ3) is 2.49. The molecule has 0 radical (unpaired) electrons. The fraction of sp³-hybridized carbons (Fsp3) is 0.222. The van der Waals surface area contributed by atoms with E-state index in [0.29, 0.717) is 17.5 Å². The second kappa shape index (κ2) is 4.04. The minimum atomic E-state index is -0.544. The Morgan fingerprint density at radius 1 is 1.47 bits per heavy atom. The van der Waals surface area contributed by atoms with Gasteiger partial charge in [0, 0.05) is 6.92 Å². The van der Waals surface area contributed by atoms with Crippen molar-refractivity contribution in [3.8, 4) is 5.75 Å². The molecule has 2 aromatic rings. The molecule has 78 valence electrons. The minimum absolute atomic E-state index is 0.171. The highest BCUT2D eigenvalue weighted by Gasteiger charge is 2.03. The summed E-state index contributed by atoms with van der Waals surface area (Å²) < 4.78 is 22.4. The molecular formula is C9H8FN3O2. The van der Waals surface area contributed by atoms with Crippen LogP contribution in [0.1, 0.15) is 11.7 Å². The van der Waals surface area contributed by atoms with Gasteiger partial charge in [0.25, 0.3) is 0 Å². The van der Waals surface area contributed by atoms with Crippen molar-refractivity contribution in [3.63, 3.8) is 0 Å². The molecule has 0 unspecified atom stereocenters. The van der Waals surface area contributed by atoms with Crippen LogP contribution in [0.15, 0.2) is 22.9 Å². The van der Waals surface area contributed by atoms with Gasteiger partial charge in [0.2, 0.25) is 17.7 Å². The summed E-state index contributed by atoms with van der Waals surface area (Å²) in [5.74, 6) is 0.833. The van der Waals surface area contributed by atoms with E-state index in [-0.39, 0.29) is 6.61 Å². The van der Waals surface area contributed by atoms with Crippen LogP contribution in [0.4, 0.5) is 4.39 Å². The molecular weight excluding hydrogens is 201 g/mol. The Morgan fingerprint density at radius 2 is 2.33 bits per heavy atom. The molecule has 0 atom stereocenters. The molecule has 0 amide bonds. The van der Waals surface area contributed by atoms with Crippen LogP contribution in [0.5, 0.6) is 5.75 Å². The molecule has 0 fully saturated rings. The van der Waals surface area contributed by atoms with Crippen molar-refractivity contribution < 1.29 is 13.7 Å². The van der Waals surface area contributed by atoms with Crippen LogP contribution in [0, 0.1) is 12.9 Å². The van der Waals surface area contributed by atoms with Crippen molar-refractivity contribution in [3.05, 3.63) is 36.0 Å². The smallest absolute Gasteiger partial charge is 0.223 e. The number of nitrogens with zero attached hydrogens (tertiary/aromatic N) is 3. The topological polar surface area (TPSA) is 61.0 Å². The van der Waals surface area contributed by atoms with E-state index in [2.05, 4.69) is 15.1 Å². The molecule has 0 aliphatic carbocycles. The quantitative estimate of drug-likeness (QED) is 0.716. The van der Waals surface area contributed by atoms with Gasteiger partial charge in [0.15, 0.2) is 6.61 Å². The van der Waals surface area contributed by atoms with Gasteiger partial charge in [-0.3, -0.25) is 0 Å². The minimum Gasteiger partial charge on any atom is -0.484 e. The van der Waals surface area contributed by atoms with Crippen LogP contribution < -0.4 is 4.74 Å². The third-order valence-corrected chi connectivity index (χ3v) is 1.64. The number of hydrogen-bond donors (Lipinski definition) is 0. The van der Waals surface area contributed by atoms with Crippen LogP contribution in [0.25, 0.3) is 0 Å². The number of rotatable bonds is 3. The number of aromatic nitrogens is 3. The van der Waals surface area contributed by atoms with Gasteiger partial charge in [0.1, 0.15) is 5.75 Å². The van der Waals surface area contributed by atoms with Crippen molar-refractivity contribution in [1.82, 2.24) is 15.1 Å². The van der Waals surface area contributed by atoms with E-state index < -0.39 is 5.95 Å². The average molecular weight is 209 g/mol. The molecule has 2 heterocycles. The maximum absolute atomic E-state index is 12.4. The normalized spacial score (nSPS) is 10.3. The van der Waals surface area contributed by atoms with Crippen molar-refractivity contribution in [2.75, 3.05) is 0 Å². The first-order chi connectivity index (χ1) is 7.24. The first-order valence-electron chi connectivity index (χ1n) is 4.27. The van der Waals surface area contributed by atoms with E-state index >= 15 is 0 Å². The highest BCUT2D eigenvalue weighted by molar-refractivity contribution is 5.16. The summed E-state index contributed by atoms with van der Waals surface area (Å²) in [5.41, 5.74) is 0.